The van der Waals surface area contributed by atoms with E-state index in [-0.39, 0.29) is 23.1 Å². The molecule has 1 saturated carbocycles. The Bertz CT molecular complexity index is 1230. The summed E-state index contributed by atoms with van der Waals surface area (Å²) in [5, 5.41) is 4.11. The molecule has 1 aliphatic rings. The van der Waals surface area contributed by atoms with E-state index < -0.39 is 23.1 Å². The van der Waals surface area contributed by atoms with Gasteiger partial charge >= 0.3 is 6.18 Å². The molecule has 3 aromatic rings. The van der Waals surface area contributed by atoms with Gasteiger partial charge in [0, 0.05) is 24.8 Å². The third-order valence-electron chi connectivity index (χ3n) is 6.58. The van der Waals surface area contributed by atoms with E-state index in [0.717, 1.165) is 42.5 Å². The summed E-state index contributed by atoms with van der Waals surface area (Å²) in [5.74, 6) is -0.152. The predicted octanol–water partition coefficient (Wildman–Crippen LogP) is 5.36. The lowest BCUT2D eigenvalue weighted by molar-refractivity contribution is -0.137. The van der Waals surface area contributed by atoms with Crippen molar-refractivity contribution >= 4 is 5.91 Å². The third-order valence-corrected chi connectivity index (χ3v) is 6.58. The zero-order valence-electron chi connectivity index (χ0n) is 19.0. The van der Waals surface area contributed by atoms with Gasteiger partial charge in [0.05, 0.1) is 11.3 Å². The smallest absolute Gasteiger partial charge is 0.337 e. The van der Waals surface area contributed by atoms with Gasteiger partial charge in [0.15, 0.2) is 5.69 Å². The highest BCUT2D eigenvalue weighted by molar-refractivity contribution is 5.92. The van der Waals surface area contributed by atoms with Crippen LogP contribution in [-0.2, 0) is 6.18 Å². The Morgan fingerprint density at radius 1 is 1.00 bits per heavy atom. The Morgan fingerprint density at radius 3 is 2.26 bits per heavy atom. The number of halogens is 3. The van der Waals surface area contributed by atoms with Crippen LogP contribution < -0.4 is 5.43 Å². The maximum absolute atomic E-state index is 13.6. The van der Waals surface area contributed by atoms with Crippen LogP contribution in [0.1, 0.15) is 58.9 Å². The van der Waals surface area contributed by atoms with Crippen molar-refractivity contribution in [3.63, 3.8) is 0 Å². The van der Waals surface area contributed by atoms with E-state index in [4.69, 9.17) is 0 Å². The summed E-state index contributed by atoms with van der Waals surface area (Å²) < 4.78 is 41.7. The first-order chi connectivity index (χ1) is 16.2. The van der Waals surface area contributed by atoms with E-state index in [2.05, 4.69) is 17.2 Å². The van der Waals surface area contributed by atoms with Gasteiger partial charge in [-0.1, -0.05) is 42.5 Å². The molecule has 0 atom stereocenters. The van der Waals surface area contributed by atoms with Crippen molar-refractivity contribution in [1.29, 1.82) is 0 Å². The number of para-hydroxylation sites is 1. The number of amides is 1. The lowest BCUT2D eigenvalue weighted by atomic mass is 9.81. The standard InChI is InChI=1S/C26H26F3N3O2/c1-17-16-23(33)24(30-32(17)22-11-7-6-10-21(22)26(27,28)29)25(34)31(2)20-14-12-19(13-15-20)18-8-4-3-5-9-18/h3-11,16,19-20H,12-15H2,1-2H3. The second-order valence-electron chi connectivity index (χ2n) is 8.76. The van der Waals surface area contributed by atoms with Crippen molar-refractivity contribution in [2.24, 2.45) is 0 Å². The Hall–Kier alpha value is -3.42. The summed E-state index contributed by atoms with van der Waals surface area (Å²) in [7, 11) is 1.63. The predicted molar refractivity (Wildman–Crippen MR) is 123 cm³/mol. The summed E-state index contributed by atoms with van der Waals surface area (Å²) in [6.07, 6.45) is -1.22. The number of rotatable bonds is 4. The molecule has 5 nitrogen and oxygen atoms in total. The highest BCUT2D eigenvalue weighted by atomic mass is 19.4. The summed E-state index contributed by atoms with van der Waals surface area (Å²) in [6.45, 7) is 1.49. The topological polar surface area (TPSA) is 55.2 Å². The van der Waals surface area contributed by atoms with Gasteiger partial charge in [0.2, 0.25) is 5.43 Å². The minimum atomic E-state index is -4.60. The minimum Gasteiger partial charge on any atom is -0.337 e. The first-order valence-electron chi connectivity index (χ1n) is 11.3. The lowest BCUT2D eigenvalue weighted by Gasteiger charge is -2.34. The SMILES string of the molecule is Cc1cc(=O)c(C(=O)N(C)C2CCC(c3ccccc3)CC2)nn1-c1ccccc1C(F)(F)F. The van der Waals surface area contributed by atoms with Gasteiger partial charge in [-0.3, -0.25) is 9.59 Å². The average molecular weight is 470 g/mol. The molecule has 0 N–H and O–H groups in total. The van der Waals surface area contributed by atoms with Gasteiger partial charge in [-0.2, -0.15) is 18.3 Å². The van der Waals surface area contributed by atoms with E-state index in [1.165, 1.54) is 35.6 Å². The van der Waals surface area contributed by atoms with Crippen LogP contribution >= 0.6 is 0 Å². The second-order valence-corrected chi connectivity index (χ2v) is 8.76. The normalized spacial score (nSPS) is 18.5. The molecule has 0 radical (unpaired) electrons. The maximum Gasteiger partial charge on any atom is 0.418 e. The van der Waals surface area contributed by atoms with Gasteiger partial charge in [-0.15, -0.1) is 0 Å². The molecule has 1 aliphatic carbocycles. The molecule has 2 aromatic carbocycles. The van der Waals surface area contributed by atoms with Crippen LogP contribution in [0.25, 0.3) is 5.69 Å². The highest BCUT2D eigenvalue weighted by Gasteiger charge is 2.35. The largest absolute Gasteiger partial charge is 0.418 e. The molecule has 1 fully saturated rings. The summed E-state index contributed by atoms with van der Waals surface area (Å²) >= 11 is 0. The Kier molecular flexibility index (Phi) is 6.59. The quantitative estimate of drug-likeness (QED) is 0.517. The zero-order valence-corrected chi connectivity index (χ0v) is 19.0. The fourth-order valence-electron chi connectivity index (χ4n) is 4.69. The molecule has 1 heterocycles. The molecule has 0 bridgehead atoms. The van der Waals surface area contributed by atoms with E-state index in [9.17, 15) is 22.8 Å². The Labute approximate surface area is 195 Å². The molecule has 0 unspecified atom stereocenters. The Morgan fingerprint density at radius 2 is 1.62 bits per heavy atom. The first kappa shape index (κ1) is 23.7. The van der Waals surface area contributed by atoms with Gasteiger partial charge in [-0.25, -0.2) is 4.68 Å². The van der Waals surface area contributed by atoms with Crippen LogP contribution in [0.2, 0.25) is 0 Å². The molecular weight excluding hydrogens is 443 g/mol. The number of nitrogens with zero attached hydrogens (tertiary/aromatic N) is 3. The number of hydrogen-bond acceptors (Lipinski definition) is 3. The molecule has 1 aromatic heterocycles. The lowest BCUT2D eigenvalue weighted by Crippen LogP contribution is -2.42. The molecule has 178 valence electrons. The van der Waals surface area contributed by atoms with E-state index in [0.29, 0.717) is 5.92 Å². The highest BCUT2D eigenvalue weighted by Crippen LogP contribution is 2.35. The van der Waals surface area contributed by atoms with E-state index >= 15 is 0 Å². The number of alkyl halides is 3. The van der Waals surface area contributed by atoms with Crippen molar-refractivity contribution < 1.29 is 18.0 Å². The molecule has 1 amide bonds. The van der Waals surface area contributed by atoms with Crippen LogP contribution in [0.5, 0.6) is 0 Å². The molecule has 0 saturated heterocycles. The van der Waals surface area contributed by atoms with Gasteiger partial charge in [0.1, 0.15) is 0 Å². The zero-order chi connectivity index (χ0) is 24.5. The molecule has 0 aliphatic heterocycles. The summed E-state index contributed by atoms with van der Waals surface area (Å²) in [6, 6.07) is 16.3. The van der Waals surface area contributed by atoms with Crippen molar-refractivity contribution in [3.8, 4) is 5.69 Å². The van der Waals surface area contributed by atoms with E-state index in [1.54, 1.807) is 7.05 Å². The van der Waals surface area contributed by atoms with Crippen LogP contribution in [0.3, 0.4) is 0 Å². The Balaban J connectivity index is 1.58. The fraction of sp³-hybridized carbons (Fsp3) is 0.346. The van der Waals surface area contributed by atoms with Crippen molar-refractivity contribution in [1.82, 2.24) is 14.7 Å². The number of hydrogen-bond donors (Lipinski definition) is 0. The van der Waals surface area contributed by atoms with Gasteiger partial charge in [-0.05, 0) is 56.2 Å². The number of aromatic nitrogens is 2. The molecule has 8 heteroatoms. The van der Waals surface area contributed by atoms with Gasteiger partial charge in [0.25, 0.3) is 5.91 Å². The molecule has 4 rings (SSSR count). The van der Waals surface area contributed by atoms with Crippen LogP contribution in [-0.4, -0.2) is 33.7 Å². The number of carbonyl (C=O) groups is 1. The molecular formula is C26H26F3N3O2. The summed E-state index contributed by atoms with van der Waals surface area (Å²) in [4.78, 5) is 27.4. The number of benzene rings is 2. The van der Waals surface area contributed by atoms with Crippen molar-refractivity contribution in [2.45, 2.75) is 50.7 Å². The van der Waals surface area contributed by atoms with Crippen molar-refractivity contribution in [3.05, 3.63) is 93.4 Å². The summed E-state index contributed by atoms with van der Waals surface area (Å²) in [5.41, 5.74) is -0.609. The van der Waals surface area contributed by atoms with E-state index in [1.807, 2.05) is 18.2 Å². The maximum atomic E-state index is 13.6. The van der Waals surface area contributed by atoms with Crippen LogP contribution in [0, 0.1) is 6.92 Å². The minimum absolute atomic E-state index is 0.0640. The van der Waals surface area contributed by atoms with Crippen LogP contribution in [0.4, 0.5) is 13.2 Å². The number of carbonyl (C=O) groups excluding carboxylic acids is 1. The van der Waals surface area contributed by atoms with Crippen molar-refractivity contribution in [2.75, 3.05) is 7.05 Å². The number of aryl methyl sites for hydroxylation is 1. The average Bonchev–Trinajstić information content (AvgIpc) is 2.83. The first-order valence-corrected chi connectivity index (χ1v) is 11.3. The van der Waals surface area contributed by atoms with Gasteiger partial charge < -0.3 is 4.90 Å². The third kappa shape index (κ3) is 4.76. The molecule has 34 heavy (non-hydrogen) atoms. The monoisotopic (exact) mass is 469 g/mol. The fourth-order valence-corrected chi connectivity index (χ4v) is 4.69. The van der Waals surface area contributed by atoms with Crippen LogP contribution in [0.15, 0.2) is 65.5 Å². The molecule has 0 spiro atoms. The second kappa shape index (κ2) is 9.44.